The lowest BCUT2D eigenvalue weighted by Crippen LogP contribution is -2.18. The normalized spacial score (nSPS) is 10.7. The zero-order chi connectivity index (χ0) is 19.6. The molecule has 2 aromatic heterocycles. The first-order chi connectivity index (χ1) is 13.0. The van der Waals surface area contributed by atoms with Crippen LogP contribution in [0.15, 0.2) is 41.6 Å². The van der Waals surface area contributed by atoms with Gasteiger partial charge in [-0.1, -0.05) is 0 Å². The SMILES string of the molecule is CCOc1c(OC)cc(-n2cc(-c3cnn(C)c3)c(C)cc2=O)cc1OC. The predicted octanol–water partition coefficient (Wildman–Crippen LogP) is 2.96. The van der Waals surface area contributed by atoms with Crippen LogP contribution < -0.4 is 19.8 Å². The van der Waals surface area contributed by atoms with E-state index in [4.69, 9.17) is 14.2 Å². The molecule has 0 N–H and O–H groups in total. The largest absolute Gasteiger partial charge is 0.493 e. The quantitative estimate of drug-likeness (QED) is 0.668. The lowest BCUT2D eigenvalue weighted by molar-refractivity contribution is 0.288. The smallest absolute Gasteiger partial charge is 0.255 e. The first-order valence-corrected chi connectivity index (χ1v) is 8.60. The Kier molecular flexibility index (Phi) is 5.21. The Balaban J connectivity index is 2.20. The molecule has 7 heteroatoms. The number of hydrogen-bond donors (Lipinski definition) is 0. The molecule has 0 aliphatic heterocycles. The number of aromatic nitrogens is 3. The van der Waals surface area contributed by atoms with E-state index >= 15 is 0 Å². The van der Waals surface area contributed by atoms with Gasteiger partial charge in [-0.05, 0) is 19.4 Å². The monoisotopic (exact) mass is 369 g/mol. The molecule has 0 amide bonds. The summed E-state index contributed by atoms with van der Waals surface area (Å²) in [5.41, 5.74) is 3.23. The van der Waals surface area contributed by atoms with Crippen molar-refractivity contribution >= 4 is 0 Å². The number of pyridine rings is 1. The summed E-state index contributed by atoms with van der Waals surface area (Å²) >= 11 is 0. The predicted molar refractivity (Wildman–Crippen MR) is 103 cm³/mol. The number of rotatable bonds is 6. The average molecular weight is 369 g/mol. The van der Waals surface area contributed by atoms with Crippen molar-refractivity contribution < 1.29 is 14.2 Å². The van der Waals surface area contributed by atoms with Crippen LogP contribution in [-0.2, 0) is 7.05 Å². The summed E-state index contributed by atoms with van der Waals surface area (Å²) in [6, 6.07) is 5.13. The third kappa shape index (κ3) is 3.53. The fourth-order valence-corrected chi connectivity index (χ4v) is 2.98. The van der Waals surface area contributed by atoms with E-state index in [0.717, 1.165) is 16.7 Å². The molecule has 0 saturated heterocycles. The number of aryl methyl sites for hydroxylation is 2. The molecular formula is C20H23N3O4. The molecule has 0 fully saturated rings. The summed E-state index contributed by atoms with van der Waals surface area (Å²) in [4.78, 5) is 12.7. The van der Waals surface area contributed by atoms with Crippen molar-refractivity contribution in [3.63, 3.8) is 0 Å². The van der Waals surface area contributed by atoms with E-state index in [2.05, 4.69) is 5.10 Å². The molecule has 0 bridgehead atoms. The Bertz CT molecular complexity index is 995. The molecule has 0 aliphatic carbocycles. The zero-order valence-electron chi connectivity index (χ0n) is 16.1. The molecule has 142 valence electrons. The molecule has 0 aliphatic rings. The number of ether oxygens (including phenoxy) is 3. The molecule has 2 heterocycles. The lowest BCUT2D eigenvalue weighted by Gasteiger charge is -2.17. The first-order valence-electron chi connectivity index (χ1n) is 8.60. The van der Waals surface area contributed by atoms with E-state index in [1.165, 1.54) is 0 Å². The van der Waals surface area contributed by atoms with Gasteiger partial charge in [0.25, 0.3) is 5.56 Å². The zero-order valence-corrected chi connectivity index (χ0v) is 16.1. The molecule has 0 saturated carbocycles. The van der Waals surface area contributed by atoms with Crippen molar-refractivity contribution in [3.05, 3.63) is 52.7 Å². The van der Waals surface area contributed by atoms with Gasteiger partial charge < -0.3 is 14.2 Å². The minimum Gasteiger partial charge on any atom is -0.493 e. The number of benzene rings is 1. The van der Waals surface area contributed by atoms with Crippen molar-refractivity contribution in [1.82, 2.24) is 14.3 Å². The van der Waals surface area contributed by atoms with Gasteiger partial charge in [0.1, 0.15) is 0 Å². The summed E-state index contributed by atoms with van der Waals surface area (Å²) in [5, 5.41) is 4.22. The fourth-order valence-electron chi connectivity index (χ4n) is 2.98. The van der Waals surface area contributed by atoms with Gasteiger partial charge in [0.15, 0.2) is 11.5 Å². The van der Waals surface area contributed by atoms with Crippen LogP contribution >= 0.6 is 0 Å². The van der Waals surface area contributed by atoms with Crippen LogP contribution in [0.5, 0.6) is 17.2 Å². The minimum atomic E-state index is -0.145. The molecule has 7 nitrogen and oxygen atoms in total. The second-order valence-corrected chi connectivity index (χ2v) is 6.09. The number of hydrogen-bond acceptors (Lipinski definition) is 5. The van der Waals surface area contributed by atoms with Crippen LogP contribution in [0.25, 0.3) is 16.8 Å². The van der Waals surface area contributed by atoms with Crippen LogP contribution in [0.3, 0.4) is 0 Å². The maximum Gasteiger partial charge on any atom is 0.255 e. The van der Waals surface area contributed by atoms with Crippen molar-refractivity contribution in [1.29, 1.82) is 0 Å². The first kappa shape index (κ1) is 18.6. The van der Waals surface area contributed by atoms with Gasteiger partial charge in [0.05, 0.1) is 32.7 Å². The van der Waals surface area contributed by atoms with Gasteiger partial charge in [-0.2, -0.15) is 5.10 Å². The van der Waals surface area contributed by atoms with Gasteiger partial charge in [-0.3, -0.25) is 14.0 Å². The van der Waals surface area contributed by atoms with E-state index in [-0.39, 0.29) is 5.56 Å². The topological polar surface area (TPSA) is 67.5 Å². The lowest BCUT2D eigenvalue weighted by atomic mass is 10.1. The Morgan fingerprint density at radius 1 is 1.07 bits per heavy atom. The van der Waals surface area contributed by atoms with Gasteiger partial charge in [0, 0.05) is 48.8 Å². The van der Waals surface area contributed by atoms with Crippen molar-refractivity contribution in [2.45, 2.75) is 13.8 Å². The molecule has 0 atom stereocenters. The molecule has 0 unspecified atom stereocenters. The molecule has 0 radical (unpaired) electrons. The Hall–Kier alpha value is -3.22. The van der Waals surface area contributed by atoms with Crippen LogP contribution in [0.1, 0.15) is 12.5 Å². The molecular weight excluding hydrogens is 346 g/mol. The van der Waals surface area contributed by atoms with E-state index < -0.39 is 0 Å². The summed E-state index contributed by atoms with van der Waals surface area (Å²) in [5.74, 6) is 1.52. The highest BCUT2D eigenvalue weighted by atomic mass is 16.5. The number of nitrogens with zero attached hydrogens (tertiary/aromatic N) is 3. The third-order valence-electron chi connectivity index (χ3n) is 4.29. The molecule has 0 spiro atoms. The van der Waals surface area contributed by atoms with E-state index in [1.807, 2.05) is 33.3 Å². The summed E-state index contributed by atoms with van der Waals surface area (Å²) < 4.78 is 19.8. The fraction of sp³-hybridized carbons (Fsp3) is 0.300. The Labute approximate surface area is 157 Å². The Morgan fingerprint density at radius 3 is 2.26 bits per heavy atom. The highest BCUT2D eigenvalue weighted by Gasteiger charge is 2.16. The third-order valence-corrected chi connectivity index (χ3v) is 4.29. The van der Waals surface area contributed by atoms with Crippen molar-refractivity contribution in [3.8, 4) is 34.1 Å². The van der Waals surface area contributed by atoms with Gasteiger partial charge in [-0.25, -0.2) is 0 Å². The van der Waals surface area contributed by atoms with Crippen molar-refractivity contribution in [2.24, 2.45) is 7.05 Å². The van der Waals surface area contributed by atoms with E-state index in [0.29, 0.717) is 29.5 Å². The van der Waals surface area contributed by atoms with Gasteiger partial charge in [-0.15, -0.1) is 0 Å². The average Bonchev–Trinajstić information content (AvgIpc) is 3.08. The maximum atomic E-state index is 12.7. The second-order valence-electron chi connectivity index (χ2n) is 6.09. The van der Waals surface area contributed by atoms with Gasteiger partial charge in [0.2, 0.25) is 5.75 Å². The van der Waals surface area contributed by atoms with Crippen LogP contribution in [0, 0.1) is 6.92 Å². The Morgan fingerprint density at radius 2 is 1.74 bits per heavy atom. The minimum absolute atomic E-state index is 0.145. The summed E-state index contributed by atoms with van der Waals surface area (Å²) in [6.45, 7) is 4.27. The maximum absolute atomic E-state index is 12.7. The van der Waals surface area contributed by atoms with E-state index in [9.17, 15) is 4.79 Å². The van der Waals surface area contributed by atoms with Crippen LogP contribution in [-0.4, -0.2) is 35.2 Å². The molecule has 27 heavy (non-hydrogen) atoms. The van der Waals surface area contributed by atoms with Gasteiger partial charge >= 0.3 is 0 Å². The second kappa shape index (κ2) is 7.57. The molecule has 3 aromatic rings. The highest BCUT2D eigenvalue weighted by molar-refractivity contribution is 5.66. The van der Waals surface area contributed by atoms with E-state index in [1.54, 1.807) is 47.9 Å². The molecule has 1 aromatic carbocycles. The standard InChI is InChI=1S/C20H23N3O4/c1-6-27-20-17(25-4)8-15(9-18(20)26-5)23-12-16(13(2)7-19(23)24)14-10-21-22(3)11-14/h7-12H,6H2,1-5H3. The van der Waals surface area contributed by atoms with Crippen LogP contribution in [0.4, 0.5) is 0 Å². The molecule has 3 rings (SSSR count). The summed E-state index contributed by atoms with van der Waals surface area (Å²) in [6.07, 6.45) is 5.50. The number of methoxy groups -OCH3 is 2. The van der Waals surface area contributed by atoms with Crippen LogP contribution in [0.2, 0.25) is 0 Å². The van der Waals surface area contributed by atoms with Crippen molar-refractivity contribution in [2.75, 3.05) is 20.8 Å². The highest BCUT2D eigenvalue weighted by Crippen LogP contribution is 2.39. The summed E-state index contributed by atoms with van der Waals surface area (Å²) in [7, 11) is 4.97.